The van der Waals surface area contributed by atoms with E-state index in [0.29, 0.717) is 58.1 Å². The standard InChI is InChI=1S/C28H32N6O5/c1-35-22-15-20(7-8-21(22)39-12-11-33-9-5-6-10-33)31-28-25(32-27-19(16-29)17-30-34(27)28)18-13-23(36-2)26(38-4)24(14-18)37-3/h7-8,13-15,17,31-32H,5-6,9-12H2,1-4H3. The van der Waals surface area contributed by atoms with Gasteiger partial charge in [-0.15, -0.1) is 0 Å². The third-order valence-corrected chi connectivity index (χ3v) is 6.83. The summed E-state index contributed by atoms with van der Waals surface area (Å²) in [5, 5.41) is 17.5. The lowest BCUT2D eigenvalue weighted by molar-refractivity contribution is 0.230. The molecule has 1 fully saturated rings. The lowest BCUT2D eigenvalue weighted by Gasteiger charge is -2.17. The van der Waals surface area contributed by atoms with Gasteiger partial charge in [0.15, 0.2) is 34.5 Å². The zero-order valence-electron chi connectivity index (χ0n) is 22.5. The summed E-state index contributed by atoms with van der Waals surface area (Å²) in [5.74, 6) is 3.39. The topological polar surface area (TPSA) is 118 Å². The van der Waals surface area contributed by atoms with E-state index >= 15 is 0 Å². The first-order chi connectivity index (χ1) is 19.1. The summed E-state index contributed by atoms with van der Waals surface area (Å²) >= 11 is 0. The van der Waals surface area contributed by atoms with Gasteiger partial charge in [0, 0.05) is 23.9 Å². The highest BCUT2D eigenvalue weighted by Crippen LogP contribution is 2.43. The van der Waals surface area contributed by atoms with Crippen LogP contribution in [-0.4, -0.2) is 74.2 Å². The number of nitriles is 1. The average Bonchev–Trinajstić information content (AvgIpc) is 3.71. The second kappa shape index (κ2) is 11.4. The Kier molecular flexibility index (Phi) is 7.65. The van der Waals surface area contributed by atoms with E-state index in [1.54, 1.807) is 33.0 Å². The van der Waals surface area contributed by atoms with Crippen LogP contribution in [-0.2, 0) is 0 Å². The Bertz CT molecular complexity index is 1470. The lowest BCUT2D eigenvalue weighted by atomic mass is 10.1. The van der Waals surface area contributed by atoms with Crippen LogP contribution in [0.1, 0.15) is 18.4 Å². The van der Waals surface area contributed by atoms with Gasteiger partial charge in [-0.05, 0) is 50.2 Å². The Morgan fingerprint density at radius 1 is 0.949 bits per heavy atom. The largest absolute Gasteiger partial charge is 0.493 e. The second-order valence-electron chi connectivity index (χ2n) is 9.08. The third-order valence-electron chi connectivity index (χ3n) is 6.83. The number of aromatic amines is 1. The summed E-state index contributed by atoms with van der Waals surface area (Å²) < 4.78 is 29.9. The molecule has 0 saturated carbocycles. The van der Waals surface area contributed by atoms with Gasteiger partial charge in [-0.2, -0.15) is 14.9 Å². The number of fused-ring (bicyclic) bond motifs is 1. The highest BCUT2D eigenvalue weighted by Gasteiger charge is 2.22. The third kappa shape index (κ3) is 5.11. The van der Waals surface area contributed by atoms with Crippen molar-refractivity contribution in [1.29, 1.82) is 5.26 Å². The minimum Gasteiger partial charge on any atom is -0.493 e. The van der Waals surface area contributed by atoms with Gasteiger partial charge in [0.25, 0.3) is 0 Å². The first kappa shape index (κ1) is 26.1. The number of rotatable bonds is 11. The first-order valence-corrected chi connectivity index (χ1v) is 12.7. The molecular weight excluding hydrogens is 500 g/mol. The molecule has 1 aliphatic heterocycles. The van der Waals surface area contributed by atoms with Crippen LogP contribution in [0.25, 0.3) is 16.9 Å². The highest BCUT2D eigenvalue weighted by molar-refractivity contribution is 5.83. The zero-order valence-corrected chi connectivity index (χ0v) is 22.5. The Labute approximate surface area is 226 Å². The molecule has 0 unspecified atom stereocenters. The fourth-order valence-electron chi connectivity index (χ4n) is 4.85. The van der Waals surface area contributed by atoms with E-state index < -0.39 is 0 Å². The molecule has 0 bridgehead atoms. The second-order valence-corrected chi connectivity index (χ2v) is 9.08. The number of anilines is 2. The van der Waals surface area contributed by atoms with Crippen molar-refractivity contribution >= 4 is 17.2 Å². The zero-order chi connectivity index (χ0) is 27.4. The van der Waals surface area contributed by atoms with E-state index in [1.165, 1.54) is 19.0 Å². The van der Waals surface area contributed by atoms with E-state index in [1.807, 2.05) is 30.3 Å². The molecule has 4 aromatic rings. The number of hydrogen-bond donors (Lipinski definition) is 2. The summed E-state index contributed by atoms with van der Waals surface area (Å²) in [6.45, 7) is 3.74. The number of aromatic nitrogens is 3. The smallest absolute Gasteiger partial charge is 0.203 e. The molecule has 0 atom stereocenters. The van der Waals surface area contributed by atoms with E-state index in [-0.39, 0.29) is 0 Å². The Morgan fingerprint density at radius 2 is 1.67 bits per heavy atom. The maximum absolute atomic E-state index is 9.62. The molecule has 1 saturated heterocycles. The van der Waals surface area contributed by atoms with Gasteiger partial charge in [-0.1, -0.05) is 0 Å². The van der Waals surface area contributed by atoms with Gasteiger partial charge in [0.1, 0.15) is 18.2 Å². The van der Waals surface area contributed by atoms with Crippen LogP contribution in [0.15, 0.2) is 36.5 Å². The van der Waals surface area contributed by atoms with E-state index in [9.17, 15) is 5.26 Å². The minimum absolute atomic E-state index is 0.413. The van der Waals surface area contributed by atoms with Crippen molar-refractivity contribution in [2.75, 3.05) is 60.0 Å². The minimum atomic E-state index is 0.413. The van der Waals surface area contributed by atoms with Gasteiger partial charge < -0.3 is 34.0 Å². The van der Waals surface area contributed by atoms with Crippen molar-refractivity contribution < 1.29 is 23.7 Å². The molecule has 2 N–H and O–H groups in total. The van der Waals surface area contributed by atoms with E-state index in [0.717, 1.165) is 30.9 Å². The lowest BCUT2D eigenvalue weighted by Crippen LogP contribution is -2.25. The van der Waals surface area contributed by atoms with Gasteiger partial charge in [0.2, 0.25) is 5.75 Å². The van der Waals surface area contributed by atoms with E-state index in [2.05, 4.69) is 26.4 Å². The molecule has 5 rings (SSSR count). The van der Waals surface area contributed by atoms with Crippen LogP contribution in [0.4, 0.5) is 11.5 Å². The van der Waals surface area contributed by atoms with Crippen LogP contribution in [0, 0.1) is 11.3 Å². The van der Waals surface area contributed by atoms with Crippen LogP contribution in [0.5, 0.6) is 28.7 Å². The molecule has 0 spiro atoms. The summed E-state index contributed by atoms with van der Waals surface area (Å²) in [6, 6.07) is 11.5. The van der Waals surface area contributed by atoms with Crippen molar-refractivity contribution in [1.82, 2.24) is 19.5 Å². The van der Waals surface area contributed by atoms with Crippen molar-refractivity contribution in [2.24, 2.45) is 0 Å². The number of benzene rings is 2. The number of imidazole rings is 1. The summed E-state index contributed by atoms with van der Waals surface area (Å²) in [6.07, 6.45) is 4.02. The number of hydrogen-bond acceptors (Lipinski definition) is 9. The highest BCUT2D eigenvalue weighted by atomic mass is 16.5. The summed E-state index contributed by atoms with van der Waals surface area (Å²) in [4.78, 5) is 5.74. The molecule has 11 nitrogen and oxygen atoms in total. The molecular formula is C28H32N6O5. The molecule has 2 aromatic heterocycles. The number of nitrogens with one attached hydrogen (secondary N) is 2. The number of ether oxygens (including phenoxy) is 5. The molecule has 11 heteroatoms. The molecule has 3 heterocycles. The quantitative estimate of drug-likeness (QED) is 0.289. The summed E-state index contributed by atoms with van der Waals surface area (Å²) in [5.41, 5.74) is 3.14. The maximum Gasteiger partial charge on any atom is 0.203 e. The van der Waals surface area contributed by atoms with Crippen molar-refractivity contribution in [3.05, 3.63) is 42.1 Å². The van der Waals surface area contributed by atoms with Crippen LogP contribution in [0.3, 0.4) is 0 Å². The molecule has 204 valence electrons. The molecule has 0 aliphatic carbocycles. The van der Waals surface area contributed by atoms with Crippen LogP contribution < -0.4 is 29.0 Å². The Morgan fingerprint density at radius 3 is 2.31 bits per heavy atom. The van der Waals surface area contributed by atoms with Crippen molar-refractivity contribution in [2.45, 2.75) is 12.8 Å². The van der Waals surface area contributed by atoms with Crippen molar-refractivity contribution in [3.8, 4) is 46.1 Å². The maximum atomic E-state index is 9.62. The molecule has 0 amide bonds. The predicted octanol–water partition coefficient (Wildman–Crippen LogP) is 4.45. The molecule has 0 radical (unpaired) electrons. The van der Waals surface area contributed by atoms with Gasteiger partial charge in [-0.3, -0.25) is 4.90 Å². The predicted molar refractivity (Wildman–Crippen MR) is 147 cm³/mol. The number of methoxy groups -OCH3 is 4. The van der Waals surface area contributed by atoms with Crippen molar-refractivity contribution in [3.63, 3.8) is 0 Å². The van der Waals surface area contributed by atoms with Gasteiger partial charge in [-0.25, -0.2) is 0 Å². The number of likely N-dealkylation sites (tertiary alicyclic amines) is 1. The molecule has 39 heavy (non-hydrogen) atoms. The van der Waals surface area contributed by atoms with Gasteiger partial charge >= 0.3 is 0 Å². The van der Waals surface area contributed by atoms with E-state index in [4.69, 9.17) is 23.7 Å². The fourth-order valence-corrected chi connectivity index (χ4v) is 4.85. The Hall–Kier alpha value is -4.56. The average molecular weight is 533 g/mol. The molecule has 1 aliphatic rings. The number of nitrogens with zero attached hydrogens (tertiary/aromatic N) is 4. The van der Waals surface area contributed by atoms with Gasteiger partial charge in [0.05, 0.1) is 40.3 Å². The normalized spacial score (nSPS) is 13.3. The Balaban J connectivity index is 1.49. The summed E-state index contributed by atoms with van der Waals surface area (Å²) in [7, 11) is 6.31. The first-order valence-electron chi connectivity index (χ1n) is 12.7. The number of H-pyrrole nitrogens is 1. The SMILES string of the molecule is COc1cc(Nc2c(-c3cc(OC)c(OC)c(OC)c3)[nH]c3c(C#N)cnn23)ccc1OCCN1CCCC1. The molecule has 2 aromatic carbocycles. The van der Waals surface area contributed by atoms with Crippen LogP contribution in [0.2, 0.25) is 0 Å². The van der Waals surface area contributed by atoms with Crippen LogP contribution >= 0.6 is 0 Å². The monoisotopic (exact) mass is 532 g/mol. The fraction of sp³-hybridized carbons (Fsp3) is 0.357.